The Morgan fingerprint density at radius 3 is 2.42 bits per heavy atom. The van der Waals surface area contributed by atoms with E-state index in [9.17, 15) is 0 Å². The predicted molar refractivity (Wildman–Crippen MR) is 133 cm³/mol. The molecule has 0 saturated carbocycles. The number of hydrazone groups is 1. The van der Waals surface area contributed by atoms with Gasteiger partial charge in [0.15, 0.2) is 11.5 Å². The molecule has 3 aromatic carbocycles. The van der Waals surface area contributed by atoms with Crippen molar-refractivity contribution >= 4 is 17.5 Å². The highest BCUT2D eigenvalue weighted by Gasteiger charge is 2.42. The molecule has 0 unspecified atom stereocenters. The number of rotatable bonds is 7. The summed E-state index contributed by atoms with van der Waals surface area (Å²) < 4.78 is 18.1. The highest BCUT2D eigenvalue weighted by molar-refractivity contribution is 7.98. The molecule has 0 spiro atoms. The van der Waals surface area contributed by atoms with Crippen molar-refractivity contribution in [2.75, 3.05) is 19.5 Å². The van der Waals surface area contributed by atoms with Crippen molar-refractivity contribution in [3.8, 4) is 17.2 Å². The molecule has 170 valence electrons. The van der Waals surface area contributed by atoms with Crippen molar-refractivity contribution < 1.29 is 14.2 Å². The van der Waals surface area contributed by atoms with Crippen LogP contribution in [0.1, 0.15) is 49.2 Å². The maximum atomic E-state index is 6.59. The fourth-order valence-electron chi connectivity index (χ4n) is 4.43. The summed E-state index contributed by atoms with van der Waals surface area (Å²) in [6.45, 7) is 5.24. The quantitative estimate of drug-likeness (QED) is 0.379. The van der Waals surface area contributed by atoms with E-state index >= 15 is 0 Å². The van der Waals surface area contributed by atoms with Crippen molar-refractivity contribution in [2.45, 2.75) is 37.4 Å². The Balaban J connectivity index is 1.54. The van der Waals surface area contributed by atoms with Gasteiger partial charge in [0.05, 0.1) is 25.0 Å². The molecule has 0 aliphatic carbocycles. The molecule has 5 rings (SSSR count). The highest BCUT2D eigenvalue weighted by Crippen LogP contribution is 2.50. The van der Waals surface area contributed by atoms with E-state index in [1.165, 1.54) is 4.90 Å². The number of benzene rings is 3. The molecule has 0 radical (unpaired) electrons. The van der Waals surface area contributed by atoms with Crippen LogP contribution in [0.15, 0.2) is 76.7 Å². The fraction of sp³-hybridized carbons (Fsp3) is 0.296. The Bertz CT molecular complexity index is 1150. The van der Waals surface area contributed by atoms with Gasteiger partial charge in [0.25, 0.3) is 0 Å². The predicted octanol–water partition coefficient (Wildman–Crippen LogP) is 6.45. The first kappa shape index (κ1) is 21.7. The molecule has 2 aliphatic heterocycles. The first-order valence-corrected chi connectivity index (χ1v) is 12.6. The summed E-state index contributed by atoms with van der Waals surface area (Å²) in [5.74, 6) is 2.48. The lowest BCUT2D eigenvalue weighted by atomic mass is 9.95. The van der Waals surface area contributed by atoms with Gasteiger partial charge in [0.2, 0.25) is 6.23 Å². The molecule has 0 N–H and O–H groups in total. The molecule has 0 amide bonds. The lowest BCUT2D eigenvalue weighted by Crippen LogP contribution is -2.33. The number of fused-ring (bicyclic) bond motifs is 3. The SMILES string of the molecule is CCOc1ccc(C2=NN3[C@H](C2)c2cccc(OCC)c2O[C@@H]3c2ccc(SC)cc2)cc1. The lowest BCUT2D eigenvalue weighted by molar-refractivity contribution is -0.0212. The zero-order valence-electron chi connectivity index (χ0n) is 19.2. The molecule has 2 atom stereocenters. The second-order valence-corrected chi connectivity index (χ2v) is 8.83. The molecule has 2 heterocycles. The highest BCUT2D eigenvalue weighted by atomic mass is 32.2. The molecule has 0 bridgehead atoms. The maximum absolute atomic E-state index is 6.59. The summed E-state index contributed by atoms with van der Waals surface area (Å²) in [5, 5.41) is 7.18. The summed E-state index contributed by atoms with van der Waals surface area (Å²) in [6, 6.07) is 22.9. The van der Waals surface area contributed by atoms with Gasteiger partial charge in [-0.05, 0) is 68.1 Å². The van der Waals surface area contributed by atoms with Gasteiger partial charge in [-0.3, -0.25) is 0 Å². The van der Waals surface area contributed by atoms with Crippen molar-refractivity contribution in [1.29, 1.82) is 0 Å². The van der Waals surface area contributed by atoms with Crippen LogP contribution in [0.3, 0.4) is 0 Å². The molecular weight excluding hydrogens is 432 g/mol. The van der Waals surface area contributed by atoms with Crippen molar-refractivity contribution in [3.05, 3.63) is 83.4 Å². The molecule has 0 fully saturated rings. The van der Waals surface area contributed by atoms with Crippen LogP contribution in [0.2, 0.25) is 0 Å². The van der Waals surface area contributed by atoms with Gasteiger partial charge in [0.1, 0.15) is 5.75 Å². The Morgan fingerprint density at radius 2 is 1.73 bits per heavy atom. The largest absolute Gasteiger partial charge is 0.494 e. The molecular formula is C27H28N2O3S. The smallest absolute Gasteiger partial charge is 0.214 e. The van der Waals surface area contributed by atoms with E-state index in [1.54, 1.807) is 11.8 Å². The summed E-state index contributed by atoms with van der Waals surface area (Å²) in [6.07, 6.45) is 2.57. The molecule has 0 aromatic heterocycles. The Labute approximate surface area is 199 Å². The van der Waals surface area contributed by atoms with E-state index in [-0.39, 0.29) is 12.3 Å². The summed E-state index contributed by atoms with van der Waals surface area (Å²) in [5.41, 5.74) is 4.34. The summed E-state index contributed by atoms with van der Waals surface area (Å²) in [4.78, 5) is 1.22. The maximum Gasteiger partial charge on any atom is 0.214 e. The average Bonchev–Trinajstić information content (AvgIpc) is 3.31. The number of thioether (sulfide) groups is 1. The van der Waals surface area contributed by atoms with Crippen LogP contribution < -0.4 is 14.2 Å². The van der Waals surface area contributed by atoms with Gasteiger partial charge in [-0.1, -0.05) is 24.3 Å². The standard InChI is InChI=1S/C27H28N2O3S/c1-4-30-20-13-9-18(10-14-20)23-17-24-22-7-6-8-25(31-5-2)26(22)32-27(29(24)28-23)19-11-15-21(33-3)16-12-19/h6-16,24,27H,4-5,17H2,1-3H3/t24-,27-/m1/s1. The molecule has 5 nitrogen and oxygen atoms in total. The van der Waals surface area contributed by atoms with Gasteiger partial charge in [-0.15, -0.1) is 11.8 Å². The van der Waals surface area contributed by atoms with E-state index in [0.29, 0.717) is 13.2 Å². The fourth-order valence-corrected chi connectivity index (χ4v) is 4.83. The average molecular weight is 461 g/mol. The molecule has 3 aromatic rings. The number of nitrogens with zero attached hydrogens (tertiary/aromatic N) is 2. The van der Waals surface area contributed by atoms with Crippen LogP contribution in [-0.4, -0.2) is 30.2 Å². The monoisotopic (exact) mass is 460 g/mol. The van der Waals surface area contributed by atoms with Crippen LogP contribution in [0.25, 0.3) is 0 Å². The van der Waals surface area contributed by atoms with E-state index in [4.69, 9.17) is 19.3 Å². The third-order valence-corrected chi connectivity index (χ3v) is 6.72. The van der Waals surface area contributed by atoms with E-state index < -0.39 is 0 Å². The van der Waals surface area contributed by atoms with Crippen LogP contribution >= 0.6 is 11.8 Å². The van der Waals surface area contributed by atoms with E-state index in [2.05, 4.69) is 53.7 Å². The number of para-hydroxylation sites is 1. The van der Waals surface area contributed by atoms with Crippen molar-refractivity contribution in [1.82, 2.24) is 5.01 Å². The topological polar surface area (TPSA) is 43.3 Å². The van der Waals surface area contributed by atoms with Gasteiger partial charge in [-0.2, -0.15) is 5.10 Å². The Morgan fingerprint density at radius 1 is 0.970 bits per heavy atom. The van der Waals surface area contributed by atoms with Gasteiger partial charge in [-0.25, -0.2) is 5.01 Å². The normalized spacial score (nSPS) is 18.8. The first-order chi connectivity index (χ1) is 16.2. The van der Waals surface area contributed by atoms with E-state index in [0.717, 1.165) is 46.1 Å². The van der Waals surface area contributed by atoms with Crippen molar-refractivity contribution in [3.63, 3.8) is 0 Å². The number of hydrogen-bond acceptors (Lipinski definition) is 6. The minimum atomic E-state index is -0.319. The summed E-state index contributed by atoms with van der Waals surface area (Å²) in [7, 11) is 0. The second kappa shape index (κ2) is 9.40. The van der Waals surface area contributed by atoms with E-state index in [1.807, 2.05) is 38.1 Å². The molecule has 0 saturated heterocycles. The van der Waals surface area contributed by atoms with Crippen LogP contribution in [0.5, 0.6) is 17.2 Å². The summed E-state index contributed by atoms with van der Waals surface area (Å²) >= 11 is 1.73. The third-order valence-electron chi connectivity index (χ3n) is 5.98. The van der Waals surface area contributed by atoms with Crippen LogP contribution in [0, 0.1) is 0 Å². The van der Waals surface area contributed by atoms with Gasteiger partial charge >= 0.3 is 0 Å². The van der Waals surface area contributed by atoms with Crippen molar-refractivity contribution in [2.24, 2.45) is 5.10 Å². The zero-order chi connectivity index (χ0) is 22.8. The Hall–Kier alpha value is -3.12. The molecule has 33 heavy (non-hydrogen) atoms. The zero-order valence-corrected chi connectivity index (χ0v) is 20.0. The van der Waals surface area contributed by atoms with Crippen LogP contribution in [0.4, 0.5) is 0 Å². The number of ether oxygens (including phenoxy) is 3. The minimum absolute atomic E-state index is 0.0842. The van der Waals surface area contributed by atoms with Gasteiger partial charge in [0, 0.05) is 22.4 Å². The molecule has 2 aliphatic rings. The number of hydrogen-bond donors (Lipinski definition) is 0. The minimum Gasteiger partial charge on any atom is -0.494 e. The third kappa shape index (κ3) is 4.15. The second-order valence-electron chi connectivity index (χ2n) is 7.95. The van der Waals surface area contributed by atoms with Crippen LogP contribution in [-0.2, 0) is 0 Å². The molecule has 6 heteroatoms. The first-order valence-electron chi connectivity index (χ1n) is 11.4. The Kier molecular flexibility index (Phi) is 6.18. The van der Waals surface area contributed by atoms with Gasteiger partial charge < -0.3 is 14.2 Å². The lowest BCUT2D eigenvalue weighted by Gasteiger charge is -2.38.